The van der Waals surface area contributed by atoms with Crippen molar-refractivity contribution in [2.24, 2.45) is 0 Å². The molecule has 3 heteroatoms. The quantitative estimate of drug-likeness (QED) is 0.595. The molecule has 11 heavy (non-hydrogen) atoms. The number of benzene rings is 1. The van der Waals surface area contributed by atoms with Gasteiger partial charge in [-0.05, 0) is 24.6 Å². The lowest BCUT2D eigenvalue weighted by Crippen LogP contribution is -1.90. The van der Waals surface area contributed by atoms with E-state index in [1.54, 1.807) is 0 Å². The highest BCUT2D eigenvalue weighted by Gasteiger charge is 2.04. The van der Waals surface area contributed by atoms with E-state index in [9.17, 15) is 9.18 Å². The molecule has 1 rings (SSSR count). The van der Waals surface area contributed by atoms with E-state index in [-0.39, 0.29) is 5.02 Å². The van der Waals surface area contributed by atoms with Gasteiger partial charge in [-0.2, -0.15) is 0 Å². The number of carbonyl (C=O) groups is 1. The van der Waals surface area contributed by atoms with E-state index in [1.165, 1.54) is 19.1 Å². The van der Waals surface area contributed by atoms with Crippen molar-refractivity contribution in [3.8, 4) is 0 Å². The zero-order chi connectivity index (χ0) is 8.43. The fourth-order valence-electron chi connectivity index (χ4n) is 0.788. The number of hydrogen-bond acceptors (Lipinski definition) is 1. The van der Waals surface area contributed by atoms with Crippen LogP contribution in [0.5, 0.6) is 0 Å². The van der Waals surface area contributed by atoms with Gasteiger partial charge < -0.3 is 0 Å². The highest BCUT2D eigenvalue weighted by molar-refractivity contribution is 6.30. The number of aldehydes is 1. The van der Waals surface area contributed by atoms with Crippen LogP contribution in [0.15, 0.2) is 12.1 Å². The molecule has 0 bridgehead atoms. The summed E-state index contributed by atoms with van der Waals surface area (Å²) in [6.07, 6.45) is 0.588. The van der Waals surface area contributed by atoms with Crippen LogP contribution in [-0.2, 0) is 0 Å². The van der Waals surface area contributed by atoms with Gasteiger partial charge in [0.05, 0.1) is 0 Å². The average molecular weight is 173 g/mol. The summed E-state index contributed by atoms with van der Waals surface area (Å²) in [6, 6.07) is 2.62. The van der Waals surface area contributed by atoms with Crippen molar-refractivity contribution in [3.63, 3.8) is 0 Å². The van der Waals surface area contributed by atoms with Crippen LogP contribution in [0, 0.1) is 12.7 Å². The molecule has 0 N–H and O–H groups in total. The fourth-order valence-corrected chi connectivity index (χ4v) is 1.00. The molecule has 0 fully saturated rings. The van der Waals surface area contributed by atoms with E-state index in [0.29, 0.717) is 17.4 Å². The summed E-state index contributed by atoms with van der Waals surface area (Å²) in [6.45, 7) is 1.54. The topological polar surface area (TPSA) is 17.1 Å². The van der Waals surface area contributed by atoms with Crippen LogP contribution in [-0.4, -0.2) is 6.29 Å². The van der Waals surface area contributed by atoms with Crippen molar-refractivity contribution >= 4 is 17.9 Å². The maximum atomic E-state index is 12.8. The Morgan fingerprint density at radius 1 is 1.55 bits per heavy atom. The molecular formula is C8H6ClFO. The Bertz CT molecular complexity index is 296. The van der Waals surface area contributed by atoms with Crippen molar-refractivity contribution in [3.05, 3.63) is 34.1 Å². The number of carbonyl (C=O) groups excluding carboxylic acids is 1. The summed E-state index contributed by atoms with van der Waals surface area (Å²) in [5, 5.41) is 0.246. The van der Waals surface area contributed by atoms with Crippen LogP contribution in [0.2, 0.25) is 5.02 Å². The molecule has 1 aromatic rings. The minimum atomic E-state index is -0.445. The van der Waals surface area contributed by atoms with Gasteiger partial charge in [0.2, 0.25) is 0 Å². The Kier molecular flexibility index (Phi) is 2.25. The second-order valence-electron chi connectivity index (χ2n) is 2.22. The Hall–Kier alpha value is -0.890. The van der Waals surface area contributed by atoms with Gasteiger partial charge in [0.15, 0.2) is 0 Å². The Balaban J connectivity index is 3.35. The van der Waals surface area contributed by atoms with Gasteiger partial charge in [-0.25, -0.2) is 4.39 Å². The van der Waals surface area contributed by atoms with Crippen LogP contribution in [0.25, 0.3) is 0 Å². The molecule has 0 saturated heterocycles. The van der Waals surface area contributed by atoms with E-state index < -0.39 is 5.82 Å². The molecule has 0 amide bonds. The van der Waals surface area contributed by atoms with Gasteiger partial charge in [0, 0.05) is 10.6 Å². The predicted octanol–water partition coefficient (Wildman–Crippen LogP) is 2.60. The normalized spacial score (nSPS) is 9.73. The van der Waals surface area contributed by atoms with Crippen LogP contribution in [0.3, 0.4) is 0 Å². The smallest absolute Gasteiger partial charge is 0.150 e. The lowest BCUT2D eigenvalue weighted by molar-refractivity contribution is 0.112. The first-order valence-corrected chi connectivity index (χ1v) is 3.44. The van der Waals surface area contributed by atoms with E-state index in [4.69, 9.17) is 11.6 Å². The van der Waals surface area contributed by atoms with Gasteiger partial charge in [-0.15, -0.1) is 0 Å². The first-order valence-electron chi connectivity index (χ1n) is 3.06. The maximum Gasteiger partial charge on any atom is 0.150 e. The zero-order valence-corrected chi connectivity index (χ0v) is 6.65. The lowest BCUT2D eigenvalue weighted by Gasteiger charge is -1.99. The third-order valence-electron chi connectivity index (χ3n) is 1.48. The molecule has 0 aromatic heterocycles. The fraction of sp³-hybridized carbons (Fsp3) is 0.125. The Morgan fingerprint density at radius 2 is 2.18 bits per heavy atom. The van der Waals surface area contributed by atoms with Crippen molar-refractivity contribution in [1.29, 1.82) is 0 Å². The first-order chi connectivity index (χ1) is 5.15. The van der Waals surface area contributed by atoms with Crippen LogP contribution in [0.1, 0.15) is 15.9 Å². The van der Waals surface area contributed by atoms with Crippen LogP contribution >= 0.6 is 11.6 Å². The van der Waals surface area contributed by atoms with E-state index in [2.05, 4.69) is 0 Å². The second-order valence-corrected chi connectivity index (χ2v) is 2.66. The molecule has 0 atom stereocenters. The molecule has 1 aromatic carbocycles. The molecule has 0 heterocycles. The number of hydrogen-bond donors (Lipinski definition) is 0. The molecule has 0 unspecified atom stereocenters. The van der Waals surface area contributed by atoms with E-state index in [0.717, 1.165) is 0 Å². The maximum absolute atomic E-state index is 12.8. The monoisotopic (exact) mass is 172 g/mol. The van der Waals surface area contributed by atoms with E-state index >= 15 is 0 Å². The van der Waals surface area contributed by atoms with E-state index in [1.807, 2.05) is 0 Å². The van der Waals surface area contributed by atoms with Crippen LogP contribution in [0.4, 0.5) is 4.39 Å². The third kappa shape index (κ3) is 1.57. The minimum Gasteiger partial charge on any atom is -0.298 e. The first kappa shape index (κ1) is 8.21. The summed E-state index contributed by atoms with van der Waals surface area (Å²) in [4.78, 5) is 10.3. The third-order valence-corrected chi connectivity index (χ3v) is 1.69. The molecule has 0 aliphatic carbocycles. The molecule has 0 saturated carbocycles. The minimum absolute atomic E-state index is 0.246. The standard InChI is InChI=1S/C8H6ClFO/c1-5-6(4-11)2-7(9)3-8(5)10/h2-4H,1H3. The molecule has 1 nitrogen and oxygen atoms in total. The Labute approximate surface area is 68.8 Å². The van der Waals surface area contributed by atoms with Gasteiger partial charge in [0.1, 0.15) is 12.1 Å². The molecule has 58 valence electrons. The molecule has 0 aliphatic heterocycles. The van der Waals surface area contributed by atoms with Crippen molar-refractivity contribution in [1.82, 2.24) is 0 Å². The van der Waals surface area contributed by atoms with Crippen molar-refractivity contribution in [2.45, 2.75) is 6.92 Å². The summed E-state index contributed by atoms with van der Waals surface area (Å²) in [5.41, 5.74) is 0.638. The molecular weight excluding hydrogens is 167 g/mol. The lowest BCUT2D eigenvalue weighted by atomic mass is 10.1. The summed E-state index contributed by atoms with van der Waals surface area (Å²) >= 11 is 5.50. The molecule has 0 radical (unpaired) electrons. The Morgan fingerprint density at radius 3 is 2.73 bits per heavy atom. The van der Waals surface area contributed by atoms with Crippen LogP contribution < -0.4 is 0 Å². The molecule has 0 spiro atoms. The average Bonchev–Trinajstić information content (AvgIpc) is 1.96. The van der Waals surface area contributed by atoms with Crippen molar-refractivity contribution in [2.75, 3.05) is 0 Å². The summed E-state index contributed by atoms with van der Waals surface area (Å²) in [5.74, 6) is -0.445. The zero-order valence-electron chi connectivity index (χ0n) is 5.90. The second kappa shape index (κ2) is 3.01. The van der Waals surface area contributed by atoms with Gasteiger partial charge in [0.25, 0.3) is 0 Å². The number of halogens is 2. The highest BCUT2D eigenvalue weighted by Crippen LogP contribution is 2.17. The SMILES string of the molecule is Cc1c(F)cc(Cl)cc1C=O. The largest absolute Gasteiger partial charge is 0.298 e. The summed E-state index contributed by atoms with van der Waals surface area (Å²) in [7, 11) is 0. The van der Waals surface area contributed by atoms with Crippen molar-refractivity contribution < 1.29 is 9.18 Å². The van der Waals surface area contributed by atoms with Gasteiger partial charge in [-0.3, -0.25) is 4.79 Å². The highest BCUT2D eigenvalue weighted by atomic mass is 35.5. The number of rotatable bonds is 1. The molecule has 0 aliphatic rings. The van der Waals surface area contributed by atoms with Gasteiger partial charge in [-0.1, -0.05) is 11.6 Å². The predicted molar refractivity (Wildman–Crippen MR) is 41.5 cm³/mol. The summed E-state index contributed by atoms with van der Waals surface area (Å²) < 4.78 is 12.8. The van der Waals surface area contributed by atoms with Gasteiger partial charge >= 0.3 is 0 Å².